The second-order valence-corrected chi connectivity index (χ2v) is 9.60. The van der Waals surface area contributed by atoms with Gasteiger partial charge in [0.05, 0.1) is 0 Å². The molecule has 1 aliphatic carbocycles. The van der Waals surface area contributed by atoms with Crippen molar-refractivity contribution in [1.29, 1.82) is 0 Å². The van der Waals surface area contributed by atoms with Crippen LogP contribution in [0, 0.1) is 0 Å². The van der Waals surface area contributed by atoms with Crippen LogP contribution in [0.2, 0.25) is 0 Å². The van der Waals surface area contributed by atoms with Gasteiger partial charge >= 0.3 is 0 Å². The predicted molar refractivity (Wildman–Crippen MR) is 55.2 cm³/mol. The monoisotopic (exact) mass is 211 g/mol. The maximum absolute atomic E-state index is 9.24. The summed E-state index contributed by atoms with van der Waals surface area (Å²) in [4.78, 5) is 9.24. The average molecular weight is 211 g/mol. The highest BCUT2D eigenvalue weighted by Gasteiger charge is 2.19. The molecule has 0 aromatic rings. The van der Waals surface area contributed by atoms with E-state index in [2.05, 4.69) is 0 Å². The fourth-order valence-electron chi connectivity index (χ4n) is 1.38. The van der Waals surface area contributed by atoms with Crippen molar-refractivity contribution in [1.82, 2.24) is 0 Å². The lowest BCUT2D eigenvalue weighted by atomic mass is 10.0. The molecule has 11 heavy (non-hydrogen) atoms. The molecular weight excluding hydrogens is 197 g/mol. The Labute approximate surface area is 76.8 Å². The first-order valence-corrected chi connectivity index (χ1v) is 8.18. The molecule has 1 fully saturated rings. The number of hydrogen-bond donors (Lipinski definition) is 2. The van der Waals surface area contributed by atoms with Gasteiger partial charge in [0.15, 0.2) is 5.62 Å². The van der Waals surface area contributed by atoms with E-state index in [0.717, 1.165) is 0 Å². The molecule has 0 aromatic carbocycles. The Hall–Kier alpha value is 0.920. The van der Waals surface area contributed by atoms with Gasteiger partial charge in [0.2, 0.25) is 0 Å². The summed E-state index contributed by atoms with van der Waals surface area (Å²) >= 11 is 6.21. The summed E-state index contributed by atoms with van der Waals surface area (Å²) in [6.45, 7) is 0. The lowest BCUT2D eigenvalue weighted by Gasteiger charge is -2.22. The summed E-state index contributed by atoms with van der Waals surface area (Å²) in [6.07, 6.45) is 6.23. The van der Waals surface area contributed by atoms with Crippen LogP contribution >= 0.6 is 17.0 Å². The van der Waals surface area contributed by atoms with Crippen molar-refractivity contribution >= 4 is 28.8 Å². The van der Waals surface area contributed by atoms with Gasteiger partial charge in [-0.15, -0.1) is 0 Å². The fraction of sp³-hybridized carbons (Fsp3) is 1.00. The van der Waals surface area contributed by atoms with Crippen molar-refractivity contribution in [2.45, 2.75) is 37.4 Å². The highest BCUT2D eigenvalue weighted by Crippen LogP contribution is 2.52. The van der Waals surface area contributed by atoms with Crippen molar-refractivity contribution in [3.63, 3.8) is 0 Å². The molecule has 0 bridgehead atoms. The van der Waals surface area contributed by atoms with E-state index in [9.17, 15) is 4.89 Å². The van der Waals surface area contributed by atoms with Crippen molar-refractivity contribution in [3.05, 3.63) is 0 Å². The minimum absolute atomic E-state index is 0.532. The van der Waals surface area contributed by atoms with E-state index in [1.807, 2.05) is 0 Å². The smallest absolute Gasteiger partial charge is 0.180 e. The molecule has 3 N–H and O–H groups in total. The Balaban J connectivity index is 2.30. The predicted octanol–water partition coefficient (Wildman–Crippen LogP) is 2.23. The molecule has 0 saturated heterocycles. The third kappa shape index (κ3) is 4.48. The van der Waals surface area contributed by atoms with Gasteiger partial charge in [-0.25, -0.2) is 0 Å². The topological polar surface area (TPSA) is 46.2 Å². The molecule has 1 rings (SSSR count). The van der Waals surface area contributed by atoms with Crippen LogP contribution in [0.4, 0.5) is 0 Å². The largest absolute Gasteiger partial charge is 0.346 e. The second-order valence-electron chi connectivity index (χ2n) is 2.93. The molecule has 0 spiro atoms. The van der Waals surface area contributed by atoms with E-state index in [1.165, 1.54) is 43.5 Å². The molecule has 0 aliphatic heterocycles. The number of rotatable bonds is 2. The quantitative estimate of drug-likeness (QED) is 0.688. The van der Waals surface area contributed by atoms with Crippen LogP contribution in [0.15, 0.2) is 0 Å². The van der Waals surface area contributed by atoms with Crippen LogP contribution in [0.25, 0.3) is 0 Å². The lowest BCUT2D eigenvalue weighted by Crippen LogP contribution is -2.08. The lowest BCUT2D eigenvalue weighted by molar-refractivity contribution is 0.517. The van der Waals surface area contributed by atoms with Gasteiger partial charge in [-0.1, -0.05) is 30.6 Å². The third-order valence-electron chi connectivity index (χ3n) is 1.85. The SMILES string of the molecule is NP(O)(=S)SC1CCCCC1. The third-order valence-corrected chi connectivity index (χ3v) is 5.50. The van der Waals surface area contributed by atoms with Gasteiger partial charge in [0, 0.05) is 5.25 Å². The second kappa shape index (κ2) is 4.24. The van der Waals surface area contributed by atoms with Gasteiger partial charge in [-0.05, 0) is 24.6 Å². The first-order chi connectivity index (χ1) is 5.08. The first-order valence-electron chi connectivity index (χ1n) is 3.88. The molecule has 1 saturated carbocycles. The zero-order valence-corrected chi connectivity index (χ0v) is 8.93. The van der Waals surface area contributed by atoms with Gasteiger partial charge in [0.25, 0.3) is 0 Å². The fourth-order valence-corrected chi connectivity index (χ4v) is 5.36. The van der Waals surface area contributed by atoms with Gasteiger partial charge in [-0.3, -0.25) is 5.50 Å². The van der Waals surface area contributed by atoms with Crippen molar-refractivity contribution in [2.24, 2.45) is 5.50 Å². The molecular formula is C6H14NOPS2. The average Bonchev–Trinajstić information content (AvgIpc) is 1.85. The Morgan fingerprint density at radius 2 is 1.91 bits per heavy atom. The van der Waals surface area contributed by atoms with Gasteiger partial charge in [0.1, 0.15) is 0 Å². The summed E-state index contributed by atoms with van der Waals surface area (Å²) in [6, 6.07) is 0. The zero-order chi connectivity index (χ0) is 8.32. The Kier molecular flexibility index (Phi) is 3.86. The Morgan fingerprint density at radius 3 is 2.36 bits per heavy atom. The summed E-state index contributed by atoms with van der Waals surface area (Å²) in [5.74, 6) is 0. The molecule has 66 valence electrons. The standard InChI is InChI=1S/C6H14NOPS2/c7-9(8,10)11-6-4-2-1-3-5-6/h6H,1-5H2,(H3,7,8,10). The van der Waals surface area contributed by atoms with Crippen LogP contribution in [0.3, 0.4) is 0 Å². The molecule has 0 amide bonds. The van der Waals surface area contributed by atoms with Crippen molar-refractivity contribution in [2.75, 3.05) is 0 Å². The minimum Gasteiger partial charge on any atom is -0.346 e. The van der Waals surface area contributed by atoms with Crippen LogP contribution < -0.4 is 5.50 Å². The summed E-state index contributed by atoms with van der Waals surface area (Å²) < 4.78 is 0. The number of hydrogen-bond acceptors (Lipinski definition) is 2. The van der Waals surface area contributed by atoms with Crippen molar-refractivity contribution in [3.8, 4) is 0 Å². The van der Waals surface area contributed by atoms with Crippen LogP contribution in [0.5, 0.6) is 0 Å². The van der Waals surface area contributed by atoms with Crippen LogP contribution in [-0.4, -0.2) is 10.1 Å². The van der Waals surface area contributed by atoms with E-state index in [4.69, 9.17) is 17.3 Å². The molecule has 5 heteroatoms. The zero-order valence-electron chi connectivity index (χ0n) is 6.40. The maximum Gasteiger partial charge on any atom is 0.180 e. The van der Waals surface area contributed by atoms with E-state index >= 15 is 0 Å². The maximum atomic E-state index is 9.24. The van der Waals surface area contributed by atoms with Gasteiger partial charge < -0.3 is 4.89 Å². The highest BCUT2D eigenvalue weighted by molar-refractivity contribution is 8.68. The number of nitrogens with two attached hydrogens (primary N) is 1. The van der Waals surface area contributed by atoms with Gasteiger partial charge in [-0.2, -0.15) is 0 Å². The van der Waals surface area contributed by atoms with E-state index in [1.54, 1.807) is 0 Å². The molecule has 2 nitrogen and oxygen atoms in total. The first kappa shape index (κ1) is 10.0. The Morgan fingerprint density at radius 1 is 1.36 bits per heavy atom. The summed E-state index contributed by atoms with van der Waals surface area (Å²) in [5, 5.41) is 0.532. The van der Waals surface area contributed by atoms with E-state index in [0.29, 0.717) is 5.25 Å². The summed E-state index contributed by atoms with van der Waals surface area (Å²) in [7, 11) is 0. The Bertz CT molecular complexity index is 164. The molecule has 1 atom stereocenters. The molecule has 0 heterocycles. The highest BCUT2D eigenvalue weighted by atomic mass is 32.9. The van der Waals surface area contributed by atoms with E-state index in [-0.39, 0.29) is 0 Å². The molecule has 0 aromatic heterocycles. The van der Waals surface area contributed by atoms with Crippen molar-refractivity contribution < 1.29 is 4.89 Å². The molecule has 1 unspecified atom stereocenters. The van der Waals surface area contributed by atoms with Crippen LogP contribution in [-0.2, 0) is 11.8 Å². The summed E-state index contributed by atoms with van der Waals surface area (Å²) in [5.41, 5.74) is 2.93. The van der Waals surface area contributed by atoms with Crippen LogP contribution in [0.1, 0.15) is 32.1 Å². The molecule has 1 aliphatic rings. The molecule has 0 radical (unpaired) electrons. The normalized spacial score (nSPS) is 26.4. The van der Waals surface area contributed by atoms with E-state index < -0.39 is 5.62 Å². The minimum atomic E-state index is -2.48.